The molecule has 127 valence electrons. The molecule has 0 rings (SSSR count). The van der Waals surface area contributed by atoms with Crippen molar-refractivity contribution in [2.75, 3.05) is 0 Å². The Balaban J connectivity index is 6.09. The van der Waals surface area contributed by atoms with Crippen LogP contribution in [0, 0.1) is 6.17 Å². The summed E-state index contributed by atoms with van der Waals surface area (Å²) in [7, 11) is -5.80. The van der Waals surface area contributed by atoms with Gasteiger partial charge in [-0.25, -0.2) is 12.8 Å². The fraction of sp³-hybridized carbons (Fsp3) is 0.833. The van der Waals surface area contributed by atoms with Crippen LogP contribution in [0.5, 0.6) is 0 Å². The first-order valence-corrected chi connectivity index (χ1v) is 5.28. The third kappa shape index (κ3) is 2.88. The number of rotatable bonds is 5. The molecule has 0 saturated heterocycles. The van der Waals surface area contributed by atoms with Crippen LogP contribution in [0.1, 0.15) is 0 Å². The first kappa shape index (κ1) is 20.1. The Bertz CT molecular complexity index is 455. The Morgan fingerprint density at radius 3 is 1.24 bits per heavy atom. The van der Waals surface area contributed by atoms with Crippen LogP contribution in [-0.2, 0) is 10.7 Å². The molecule has 21 heavy (non-hydrogen) atoms. The molecule has 0 amide bonds. The van der Waals surface area contributed by atoms with Crippen LogP contribution in [0.2, 0.25) is 0 Å². The van der Waals surface area contributed by atoms with Crippen LogP contribution in [0.3, 0.4) is 0 Å². The average Bonchev–Trinajstić information content (AvgIpc) is 2.25. The maximum atomic E-state index is 12.6. The molecule has 0 atom stereocenters. The van der Waals surface area contributed by atoms with Crippen LogP contribution in [0.4, 0.5) is 52.7 Å². The van der Waals surface area contributed by atoms with Crippen molar-refractivity contribution in [3.05, 3.63) is 6.17 Å². The summed E-state index contributed by atoms with van der Waals surface area (Å²) in [6.07, 6.45) is -11.9. The molecule has 1 radical (unpaired) electrons. The van der Waals surface area contributed by atoms with Gasteiger partial charge in [-0.3, -0.25) is 0 Å². The molecule has 2 nitrogen and oxygen atoms in total. The molecular formula is C6HF12O2S. The molecule has 15 heteroatoms. The van der Waals surface area contributed by atoms with E-state index in [0.717, 1.165) is 0 Å². The smallest absolute Gasteiger partial charge is 0.225 e. The predicted octanol–water partition coefficient (Wildman–Crippen LogP) is 3.16. The summed E-state index contributed by atoms with van der Waals surface area (Å²) in [6.45, 7) is 0. The van der Waals surface area contributed by atoms with Gasteiger partial charge < -0.3 is 0 Å². The molecule has 0 heterocycles. The standard InChI is InChI=1S/C6HF12O2S/c7-1(3(10,11)12)2(8,9)4(13,14)5(15,16)6(17,18)21(19)20/h21H. The molecule has 0 aliphatic rings. The van der Waals surface area contributed by atoms with Crippen molar-refractivity contribution in [1.82, 2.24) is 0 Å². The summed E-state index contributed by atoms with van der Waals surface area (Å²) in [5.74, 6) is -22.7. The fourth-order valence-electron chi connectivity index (χ4n) is 0.817. The second-order valence-corrected chi connectivity index (χ2v) is 4.41. The van der Waals surface area contributed by atoms with Gasteiger partial charge in [-0.1, -0.05) is 0 Å². The zero-order valence-electron chi connectivity index (χ0n) is 8.80. The average molecular weight is 365 g/mol. The second-order valence-electron chi connectivity index (χ2n) is 3.33. The molecule has 0 saturated carbocycles. The lowest BCUT2D eigenvalue weighted by Gasteiger charge is -2.35. The van der Waals surface area contributed by atoms with Gasteiger partial charge in [0.15, 0.2) is 0 Å². The van der Waals surface area contributed by atoms with Crippen molar-refractivity contribution in [1.29, 1.82) is 0 Å². The van der Waals surface area contributed by atoms with Crippen LogP contribution in [0.25, 0.3) is 0 Å². The lowest BCUT2D eigenvalue weighted by Crippen LogP contribution is -2.64. The predicted molar refractivity (Wildman–Crippen MR) is 40.5 cm³/mol. The number of thiol groups is 1. The summed E-state index contributed by atoms with van der Waals surface area (Å²) in [6, 6.07) is 0. The van der Waals surface area contributed by atoms with E-state index in [1.165, 1.54) is 0 Å². The van der Waals surface area contributed by atoms with E-state index in [2.05, 4.69) is 0 Å². The number of hydrogen-bond donors (Lipinski definition) is 1. The Morgan fingerprint density at radius 2 is 1.00 bits per heavy atom. The number of hydrogen-bond acceptors (Lipinski definition) is 2. The number of halogens is 12. The highest BCUT2D eigenvalue weighted by atomic mass is 32.2. The first-order valence-electron chi connectivity index (χ1n) is 4.11. The fourth-order valence-corrected chi connectivity index (χ4v) is 1.19. The lowest BCUT2D eigenvalue weighted by atomic mass is 10.00. The Hall–Kier alpha value is -0.890. The zero-order chi connectivity index (χ0) is 17.7. The Morgan fingerprint density at radius 1 is 0.667 bits per heavy atom. The van der Waals surface area contributed by atoms with Crippen molar-refractivity contribution in [2.45, 2.75) is 29.2 Å². The molecule has 0 aliphatic carbocycles. The second kappa shape index (κ2) is 5.08. The summed E-state index contributed by atoms with van der Waals surface area (Å²) in [5, 5.41) is -6.86. The van der Waals surface area contributed by atoms with Gasteiger partial charge in [0.1, 0.15) is 0 Å². The van der Waals surface area contributed by atoms with Gasteiger partial charge in [0.05, 0.1) is 0 Å². The van der Waals surface area contributed by atoms with Crippen molar-refractivity contribution in [3.8, 4) is 0 Å². The van der Waals surface area contributed by atoms with Gasteiger partial charge >= 0.3 is 35.4 Å². The van der Waals surface area contributed by atoms with Gasteiger partial charge in [0.25, 0.3) is 0 Å². The Labute approximate surface area is 108 Å². The van der Waals surface area contributed by atoms with Crippen LogP contribution in [-0.4, -0.2) is 37.6 Å². The van der Waals surface area contributed by atoms with Gasteiger partial charge in [-0.05, 0) is 0 Å². The molecule has 0 unspecified atom stereocenters. The molecule has 0 fully saturated rings. The van der Waals surface area contributed by atoms with E-state index in [-0.39, 0.29) is 0 Å². The lowest BCUT2D eigenvalue weighted by molar-refractivity contribution is -0.359. The third-order valence-electron chi connectivity index (χ3n) is 1.92. The van der Waals surface area contributed by atoms with Crippen LogP contribution in [0.15, 0.2) is 0 Å². The third-order valence-corrected chi connectivity index (χ3v) is 2.66. The molecule has 0 aromatic heterocycles. The van der Waals surface area contributed by atoms with Crippen molar-refractivity contribution in [3.63, 3.8) is 0 Å². The molecule has 0 aromatic carbocycles. The van der Waals surface area contributed by atoms with Gasteiger partial charge in [-0.15, -0.1) is 0 Å². The quantitative estimate of drug-likeness (QED) is 0.600. The molecule has 0 spiro atoms. The molecule has 0 aromatic rings. The van der Waals surface area contributed by atoms with Crippen LogP contribution < -0.4 is 0 Å². The topological polar surface area (TPSA) is 34.1 Å². The first-order chi connectivity index (χ1) is 8.85. The maximum absolute atomic E-state index is 12.6. The molecule has 0 aliphatic heterocycles. The summed E-state index contributed by atoms with van der Waals surface area (Å²) in [5.41, 5.74) is 0. The summed E-state index contributed by atoms with van der Waals surface area (Å²) >= 11 is 0. The highest BCUT2D eigenvalue weighted by Crippen LogP contribution is 2.58. The molecular weight excluding hydrogens is 364 g/mol. The minimum Gasteiger partial charge on any atom is -0.225 e. The number of alkyl halides is 11. The summed E-state index contributed by atoms with van der Waals surface area (Å²) in [4.78, 5) is 0. The van der Waals surface area contributed by atoms with Gasteiger partial charge in [-0.2, -0.15) is 48.3 Å². The van der Waals surface area contributed by atoms with E-state index in [1.54, 1.807) is 0 Å². The Kier molecular flexibility index (Phi) is 4.87. The SMILES string of the molecule is O=[SH](=O)C(F)(F)C(F)(F)C(F)(F)C(F)(F)[C](F)C(F)(F)F. The zero-order valence-corrected chi connectivity index (χ0v) is 9.69. The minimum atomic E-state index is -7.70. The van der Waals surface area contributed by atoms with Crippen molar-refractivity contribution in [2.24, 2.45) is 0 Å². The normalized spacial score (nSPS) is 15.9. The van der Waals surface area contributed by atoms with E-state index in [4.69, 9.17) is 0 Å². The maximum Gasteiger partial charge on any atom is 0.432 e. The van der Waals surface area contributed by atoms with E-state index in [9.17, 15) is 61.1 Å². The van der Waals surface area contributed by atoms with Crippen molar-refractivity contribution >= 4 is 10.7 Å². The molecule has 0 N–H and O–H groups in total. The largest absolute Gasteiger partial charge is 0.432 e. The van der Waals surface area contributed by atoms with E-state index in [1.807, 2.05) is 0 Å². The van der Waals surface area contributed by atoms with E-state index >= 15 is 0 Å². The van der Waals surface area contributed by atoms with Gasteiger partial charge in [0, 0.05) is 0 Å². The van der Waals surface area contributed by atoms with E-state index in [0.29, 0.717) is 0 Å². The minimum absolute atomic E-state index is 4.99. The highest BCUT2D eigenvalue weighted by Gasteiger charge is 2.86. The van der Waals surface area contributed by atoms with Crippen molar-refractivity contribution < 1.29 is 61.1 Å². The van der Waals surface area contributed by atoms with Gasteiger partial charge in [0.2, 0.25) is 10.7 Å². The monoisotopic (exact) mass is 365 g/mol. The van der Waals surface area contributed by atoms with E-state index < -0.39 is 46.1 Å². The molecule has 0 bridgehead atoms. The summed E-state index contributed by atoms with van der Waals surface area (Å²) < 4.78 is 166. The highest BCUT2D eigenvalue weighted by molar-refractivity contribution is 7.73. The van der Waals surface area contributed by atoms with Crippen LogP contribution >= 0.6 is 0 Å².